The Morgan fingerprint density at radius 2 is 1.94 bits per heavy atom. The van der Waals surface area contributed by atoms with Gasteiger partial charge in [0.1, 0.15) is 11.6 Å². The maximum absolute atomic E-state index is 13.8. The molecule has 2 bridgehead atoms. The molecule has 1 aromatic rings. The zero-order valence-corrected chi connectivity index (χ0v) is 21.1. The summed E-state index contributed by atoms with van der Waals surface area (Å²) in [6.45, 7) is 3.09. The molecule has 8 nitrogen and oxygen atoms in total. The number of carbonyl (C=O) groups is 3. The molecule has 34 heavy (non-hydrogen) atoms. The van der Waals surface area contributed by atoms with Gasteiger partial charge < -0.3 is 25.4 Å². The number of hydrogen-bond donors (Lipinski definition) is 3. The van der Waals surface area contributed by atoms with E-state index in [2.05, 4.69) is 33.5 Å². The fraction of sp³-hybridized carbons (Fsp3) is 0.640. The third-order valence-corrected chi connectivity index (χ3v) is 8.11. The fourth-order valence-corrected chi connectivity index (χ4v) is 6.72. The van der Waals surface area contributed by atoms with Crippen LogP contribution in [-0.2, 0) is 19.1 Å². The van der Waals surface area contributed by atoms with Crippen LogP contribution in [-0.4, -0.2) is 70.0 Å². The Balaban J connectivity index is 1.62. The maximum Gasteiger partial charge on any atom is 0.245 e. The Kier molecular flexibility index (Phi) is 7.94. The Labute approximate surface area is 208 Å². The van der Waals surface area contributed by atoms with Gasteiger partial charge in [0.15, 0.2) is 0 Å². The molecule has 3 amide bonds. The van der Waals surface area contributed by atoms with Gasteiger partial charge in [-0.15, -0.1) is 0 Å². The van der Waals surface area contributed by atoms with Gasteiger partial charge in [-0.2, -0.15) is 0 Å². The largest absolute Gasteiger partial charge is 0.396 e. The molecule has 3 unspecified atom stereocenters. The summed E-state index contributed by atoms with van der Waals surface area (Å²) in [7, 11) is 0. The number of nitrogens with zero attached hydrogens (tertiary/aromatic N) is 1. The number of ether oxygens (including phenoxy) is 1. The van der Waals surface area contributed by atoms with E-state index in [1.165, 1.54) is 0 Å². The van der Waals surface area contributed by atoms with Crippen molar-refractivity contribution in [2.45, 2.75) is 68.0 Å². The molecule has 186 valence electrons. The molecular weight excluding hydrogens is 502 g/mol. The van der Waals surface area contributed by atoms with Gasteiger partial charge in [0.2, 0.25) is 17.7 Å². The fourth-order valence-electron chi connectivity index (χ4n) is 5.77. The maximum atomic E-state index is 13.8. The highest BCUT2D eigenvalue weighted by Gasteiger charge is 2.76. The highest BCUT2D eigenvalue weighted by molar-refractivity contribution is 9.09. The first-order valence-corrected chi connectivity index (χ1v) is 13.2. The van der Waals surface area contributed by atoms with E-state index < -0.39 is 29.6 Å². The molecule has 1 aromatic carbocycles. The zero-order valence-electron chi connectivity index (χ0n) is 19.5. The number of aliphatic hydroxyl groups excluding tert-OH is 1. The van der Waals surface area contributed by atoms with Gasteiger partial charge in [-0.1, -0.05) is 47.5 Å². The standard InChI is InChI=1S/C25H34BrN3O5/c1-2-3-12-27-23(32)21-25-15-17(26)20(34-25)18(22(31)28-16-10-6-4-7-11-16)19(25)24(33)29(21)13-8-5-9-14-30/h4,6-7,10-11,17-21,30H,2-3,5,8-9,12-15H2,1H3,(H,27,32)(H,28,31)/t17?,18-,19-,20-,21?,25?/m0/s1. The first kappa shape index (κ1) is 25.1. The number of halogens is 1. The lowest BCUT2D eigenvalue weighted by molar-refractivity contribution is -0.141. The first-order valence-electron chi connectivity index (χ1n) is 12.3. The molecule has 3 fully saturated rings. The lowest BCUT2D eigenvalue weighted by atomic mass is 9.70. The van der Waals surface area contributed by atoms with Gasteiger partial charge in [0.25, 0.3) is 0 Å². The second-order valence-electron chi connectivity index (χ2n) is 9.48. The summed E-state index contributed by atoms with van der Waals surface area (Å²) in [6.07, 6.45) is 3.91. The molecule has 0 saturated carbocycles. The van der Waals surface area contributed by atoms with Crippen LogP contribution in [0, 0.1) is 11.8 Å². The van der Waals surface area contributed by atoms with E-state index in [0.29, 0.717) is 38.0 Å². The van der Waals surface area contributed by atoms with Crippen LogP contribution in [0.2, 0.25) is 0 Å². The molecular formula is C25H34BrN3O5. The molecule has 3 N–H and O–H groups in total. The third-order valence-electron chi connectivity index (χ3n) is 7.27. The van der Waals surface area contributed by atoms with E-state index in [0.717, 1.165) is 19.3 Å². The first-order chi connectivity index (χ1) is 16.4. The Morgan fingerprint density at radius 1 is 1.18 bits per heavy atom. The molecule has 3 saturated heterocycles. The van der Waals surface area contributed by atoms with Crippen molar-refractivity contribution in [3.05, 3.63) is 30.3 Å². The van der Waals surface area contributed by atoms with Crippen LogP contribution in [0.25, 0.3) is 0 Å². The zero-order chi connectivity index (χ0) is 24.3. The van der Waals surface area contributed by atoms with Crippen LogP contribution < -0.4 is 10.6 Å². The van der Waals surface area contributed by atoms with Crippen molar-refractivity contribution in [3.8, 4) is 0 Å². The van der Waals surface area contributed by atoms with E-state index in [9.17, 15) is 14.4 Å². The van der Waals surface area contributed by atoms with Crippen LogP contribution >= 0.6 is 15.9 Å². The predicted octanol–water partition coefficient (Wildman–Crippen LogP) is 2.45. The van der Waals surface area contributed by atoms with Gasteiger partial charge in [0, 0.05) is 30.2 Å². The smallest absolute Gasteiger partial charge is 0.245 e. The average molecular weight is 536 g/mol. The summed E-state index contributed by atoms with van der Waals surface area (Å²) in [5.74, 6) is -2.03. The minimum Gasteiger partial charge on any atom is -0.396 e. The predicted molar refractivity (Wildman–Crippen MR) is 131 cm³/mol. The van der Waals surface area contributed by atoms with E-state index >= 15 is 0 Å². The summed E-state index contributed by atoms with van der Waals surface area (Å²) in [5.41, 5.74) is -0.363. The number of hydrogen-bond acceptors (Lipinski definition) is 5. The average Bonchev–Trinajstić information content (AvgIpc) is 3.41. The Morgan fingerprint density at radius 3 is 2.65 bits per heavy atom. The number of amides is 3. The van der Waals surface area contributed by atoms with Crippen molar-refractivity contribution >= 4 is 39.3 Å². The highest BCUT2D eigenvalue weighted by atomic mass is 79.9. The number of carbonyl (C=O) groups excluding carboxylic acids is 3. The summed E-state index contributed by atoms with van der Waals surface area (Å²) < 4.78 is 6.46. The van der Waals surface area contributed by atoms with Gasteiger partial charge in [0.05, 0.1) is 17.9 Å². The molecule has 3 heterocycles. The summed E-state index contributed by atoms with van der Waals surface area (Å²) >= 11 is 3.68. The van der Waals surface area contributed by atoms with Crippen molar-refractivity contribution < 1.29 is 24.2 Å². The number of fused-ring (bicyclic) bond motifs is 1. The Bertz CT molecular complexity index is 900. The van der Waals surface area contributed by atoms with Gasteiger partial charge >= 0.3 is 0 Å². The number of rotatable bonds is 11. The van der Waals surface area contributed by atoms with Crippen molar-refractivity contribution in [1.29, 1.82) is 0 Å². The molecule has 3 aliphatic heterocycles. The van der Waals surface area contributed by atoms with Crippen LogP contribution in [0.3, 0.4) is 0 Å². The van der Waals surface area contributed by atoms with E-state index in [-0.39, 0.29) is 29.2 Å². The molecule has 3 aliphatic rings. The van der Waals surface area contributed by atoms with E-state index in [1.807, 2.05) is 18.2 Å². The molecule has 6 atom stereocenters. The molecule has 9 heteroatoms. The number of nitrogens with one attached hydrogen (secondary N) is 2. The SMILES string of the molecule is CCCCNC(=O)C1N(CCCCCO)C(=O)[C@@H]2[C@H](C(=O)Nc3ccccc3)[C@H]3OC12CC3Br. The number of aliphatic hydroxyl groups is 1. The molecule has 0 aliphatic carbocycles. The monoisotopic (exact) mass is 535 g/mol. The number of likely N-dealkylation sites (tertiary alicyclic amines) is 1. The topological polar surface area (TPSA) is 108 Å². The molecule has 4 rings (SSSR count). The van der Waals surface area contributed by atoms with Crippen LogP contribution in [0.1, 0.15) is 45.4 Å². The van der Waals surface area contributed by atoms with Crippen LogP contribution in [0.15, 0.2) is 30.3 Å². The summed E-state index contributed by atoms with van der Waals surface area (Å²) in [6, 6.07) is 8.40. The lowest BCUT2D eigenvalue weighted by Crippen LogP contribution is -2.56. The number of alkyl halides is 1. The Hall–Kier alpha value is -1.97. The lowest BCUT2D eigenvalue weighted by Gasteiger charge is -2.34. The number of unbranched alkanes of at least 4 members (excludes halogenated alkanes) is 3. The van der Waals surface area contributed by atoms with Crippen LogP contribution in [0.4, 0.5) is 5.69 Å². The summed E-state index contributed by atoms with van der Waals surface area (Å²) in [4.78, 5) is 42.1. The number of benzene rings is 1. The van der Waals surface area contributed by atoms with Gasteiger partial charge in [-0.05, 0) is 44.2 Å². The van der Waals surface area contributed by atoms with E-state index in [1.54, 1.807) is 17.0 Å². The summed E-state index contributed by atoms with van der Waals surface area (Å²) in [5, 5.41) is 15.1. The normalized spacial score (nSPS) is 31.6. The number of para-hydroxylation sites is 1. The number of anilines is 1. The molecule has 0 radical (unpaired) electrons. The second-order valence-corrected chi connectivity index (χ2v) is 10.7. The minimum atomic E-state index is -1.03. The highest BCUT2D eigenvalue weighted by Crippen LogP contribution is 2.60. The molecule has 0 aromatic heterocycles. The van der Waals surface area contributed by atoms with Gasteiger partial charge in [-0.25, -0.2) is 0 Å². The van der Waals surface area contributed by atoms with Crippen molar-refractivity contribution in [2.75, 3.05) is 25.0 Å². The second kappa shape index (κ2) is 10.7. The molecule has 1 spiro atoms. The van der Waals surface area contributed by atoms with Gasteiger partial charge in [-0.3, -0.25) is 14.4 Å². The van der Waals surface area contributed by atoms with Crippen LogP contribution in [0.5, 0.6) is 0 Å². The third kappa shape index (κ3) is 4.50. The van der Waals surface area contributed by atoms with Crippen molar-refractivity contribution in [1.82, 2.24) is 10.2 Å². The van der Waals surface area contributed by atoms with E-state index in [4.69, 9.17) is 9.84 Å². The van der Waals surface area contributed by atoms with Crippen molar-refractivity contribution in [2.24, 2.45) is 11.8 Å². The quantitative estimate of drug-likeness (QED) is 0.298. The minimum absolute atomic E-state index is 0.0965. The van der Waals surface area contributed by atoms with Crippen molar-refractivity contribution in [3.63, 3.8) is 0 Å².